The van der Waals surface area contributed by atoms with Gasteiger partial charge in [0.25, 0.3) is 5.88 Å². The molecule has 31 heavy (non-hydrogen) atoms. The van der Waals surface area contributed by atoms with Crippen LogP contribution in [-0.4, -0.2) is 51.8 Å². The molecule has 4 rings (SSSR count). The lowest BCUT2D eigenvalue weighted by Crippen LogP contribution is -2.46. The van der Waals surface area contributed by atoms with Crippen molar-refractivity contribution in [2.75, 3.05) is 18.5 Å². The molecule has 2 heterocycles. The summed E-state index contributed by atoms with van der Waals surface area (Å²) >= 11 is 0. The number of nitrogens with zero attached hydrogens (tertiary/aromatic N) is 3. The molecule has 1 atom stereocenters. The molecule has 0 bridgehead atoms. The highest BCUT2D eigenvalue weighted by Crippen LogP contribution is 2.30. The number of carbonyl (C=O) groups excluding carboxylic acids is 1. The monoisotopic (exact) mass is 426 g/mol. The number of hydrogen-bond donors (Lipinski definition) is 1. The van der Waals surface area contributed by atoms with Crippen molar-refractivity contribution in [2.45, 2.75) is 83.4 Å². The Bertz CT molecular complexity index is 907. The van der Waals surface area contributed by atoms with Crippen LogP contribution in [0.3, 0.4) is 0 Å². The third-order valence-corrected chi connectivity index (χ3v) is 5.63. The number of benzene rings is 1. The third kappa shape index (κ3) is 5.99. The number of para-hydroxylation sites is 2. The molecule has 168 valence electrons. The number of amides is 1. The van der Waals surface area contributed by atoms with Crippen LogP contribution in [0.25, 0.3) is 11.0 Å². The Morgan fingerprint density at radius 1 is 1.13 bits per heavy atom. The number of carbonyl (C=O) groups is 1. The molecular weight excluding hydrogens is 392 g/mol. The Labute approximate surface area is 184 Å². The normalized spacial score (nSPS) is 19.3. The summed E-state index contributed by atoms with van der Waals surface area (Å²) in [7, 11) is 0. The highest BCUT2D eigenvalue weighted by molar-refractivity contribution is 5.77. The first-order valence-corrected chi connectivity index (χ1v) is 11.5. The van der Waals surface area contributed by atoms with E-state index in [1.807, 2.05) is 49.9 Å². The van der Waals surface area contributed by atoms with Gasteiger partial charge in [0.2, 0.25) is 0 Å². The minimum Gasteiger partial charge on any atom is -0.475 e. The zero-order valence-electron chi connectivity index (χ0n) is 18.9. The van der Waals surface area contributed by atoms with Gasteiger partial charge in [0.05, 0.1) is 17.6 Å². The van der Waals surface area contributed by atoms with Crippen molar-refractivity contribution in [2.24, 2.45) is 0 Å². The fourth-order valence-electron chi connectivity index (χ4n) is 3.95. The van der Waals surface area contributed by atoms with Crippen LogP contribution in [-0.2, 0) is 4.74 Å². The number of fused-ring (bicyclic) bond motifs is 1. The lowest BCUT2D eigenvalue weighted by Gasteiger charge is -2.36. The summed E-state index contributed by atoms with van der Waals surface area (Å²) in [5.41, 5.74) is 1.23. The fraction of sp³-hybridized carbons (Fsp3) is 0.625. The standard InChI is InChI=1S/C24H34N4O3/c1-24(2,3)31-23(29)28-15-7-6-9-18(28)10-8-16-30-22-21(25-17-13-14-17)26-19-11-4-5-12-20(19)27-22/h4-5,11-12,17-18H,6-10,13-16H2,1-3H3,(H,25,26)/t18-/m1/s1. The van der Waals surface area contributed by atoms with Crippen LogP contribution >= 0.6 is 0 Å². The number of anilines is 1. The van der Waals surface area contributed by atoms with Gasteiger partial charge >= 0.3 is 6.09 Å². The first-order chi connectivity index (χ1) is 14.9. The number of aromatic nitrogens is 2. The van der Waals surface area contributed by atoms with Gasteiger partial charge in [0.15, 0.2) is 5.82 Å². The SMILES string of the molecule is CC(C)(C)OC(=O)N1CCCC[C@@H]1CCCOc1nc2ccccc2nc1NC1CC1. The highest BCUT2D eigenvalue weighted by atomic mass is 16.6. The van der Waals surface area contributed by atoms with E-state index in [9.17, 15) is 4.79 Å². The summed E-state index contributed by atoms with van der Waals surface area (Å²) < 4.78 is 11.7. The number of ether oxygens (including phenoxy) is 2. The van der Waals surface area contributed by atoms with E-state index >= 15 is 0 Å². The largest absolute Gasteiger partial charge is 0.475 e. The van der Waals surface area contributed by atoms with Crippen LogP contribution in [0.15, 0.2) is 24.3 Å². The van der Waals surface area contributed by atoms with Crippen LogP contribution < -0.4 is 10.1 Å². The molecule has 1 aromatic heterocycles. The quantitative estimate of drug-likeness (QED) is 0.617. The molecule has 1 aliphatic heterocycles. The van der Waals surface area contributed by atoms with Crippen molar-refractivity contribution in [3.05, 3.63) is 24.3 Å². The van der Waals surface area contributed by atoms with Gasteiger partial charge in [-0.3, -0.25) is 0 Å². The molecule has 1 saturated heterocycles. The van der Waals surface area contributed by atoms with E-state index in [4.69, 9.17) is 19.4 Å². The molecule has 1 N–H and O–H groups in total. The van der Waals surface area contributed by atoms with Gasteiger partial charge in [0.1, 0.15) is 5.60 Å². The molecule has 0 radical (unpaired) electrons. The fourth-order valence-corrected chi connectivity index (χ4v) is 3.95. The minimum absolute atomic E-state index is 0.200. The number of nitrogens with one attached hydrogen (secondary N) is 1. The summed E-state index contributed by atoms with van der Waals surface area (Å²) in [6, 6.07) is 8.54. The number of likely N-dealkylation sites (tertiary alicyclic amines) is 1. The molecule has 7 nitrogen and oxygen atoms in total. The second kappa shape index (κ2) is 9.28. The Kier molecular flexibility index (Phi) is 6.49. The zero-order valence-corrected chi connectivity index (χ0v) is 18.9. The minimum atomic E-state index is -0.470. The predicted octanol–water partition coefficient (Wildman–Crippen LogP) is 5.15. The van der Waals surface area contributed by atoms with Gasteiger partial charge in [-0.2, -0.15) is 0 Å². The van der Waals surface area contributed by atoms with E-state index < -0.39 is 5.60 Å². The molecule has 0 unspecified atom stereocenters. The molecule has 2 aliphatic rings. The molecule has 1 saturated carbocycles. The lowest BCUT2D eigenvalue weighted by atomic mass is 9.98. The summed E-state index contributed by atoms with van der Waals surface area (Å²) in [6.07, 6.45) is 7.07. The van der Waals surface area contributed by atoms with Crippen LogP contribution in [0.2, 0.25) is 0 Å². The highest BCUT2D eigenvalue weighted by Gasteiger charge is 2.30. The molecule has 2 fully saturated rings. The molecular formula is C24H34N4O3. The number of rotatable bonds is 7. The Balaban J connectivity index is 1.35. The second-order valence-electron chi connectivity index (χ2n) is 9.60. The smallest absolute Gasteiger partial charge is 0.410 e. The first-order valence-electron chi connectivity index (χ1n) is 11.5. The average molecular weight is 427 g/mol. The predicted molar refractivity (Wildman–Crippen MR) is 121 cm³/mol. The number of hydrogen-bond acceptors (Lipinski definition) is 6. The molecule has 0 spiro atoms. The van der Waals surface area contributed by atoms with E-state index in [0.29, 0.717) is 18.5 Å². The molecule has 1 aromatic carbocycles. The summed E-state index contributed by atoms with van der Waals surface area (Å²) in [4.78, 5) is 23.9. The van der Waals surface area contributed by atoms with E-state index in [-0.39, 0.29) is 12.1 Å². The van der Waals surface area contributed by atoms with Gasteiger partial charge in [-0.05, 0) is 77.8 Å². The maximum absolute atomic E-state index is 12.6. The second-order valence-corrected chi connectivity index (χ2v) is 9.60. The van der Waals surface area contributed by atoms with Crippen LogP contribution in [0.4, 0.5) is 10.6 Å². The summed E-state index contributed by atoms with van der Waals surface area (Å²) in [5, 5.41) is 3.44. The van der Waals surface area contributed by atoms with Gasteiger partial charge in [-0.15, -0.1) is 0 Å². The summed E-state index contributed by atoms with van der Waals surface area (Å²) in [6.45, 7) is 7.05. The van der Waals surface area contributed by atoms with Crippen molar-refractivity contribution in [3.63, 3.8) is 0 Å². The maximum Gasteiger partial charge on any atom is 0.410 e. The topological polar surface area (TPSA) is 76.6 Å². The average Bonchev–Trinajstić information content (AvgIpc) is 3.54. The van der Waals surface area contributed by atoms with E-state index in [1.54, 1.807) is 0 Å². The van der Waals surface area contributed by atoms with Gasteiger partial charge < -0.3 is 19.7 Å². The molecule has 1 aliphatic carbocycles. The van der Waals surface area contributed by atoms with Crippen LogP contribution in [0.1, 0.15) is 65.7 Å². The van der Waals surface area contributed by atoms with E-state index in [1.165, 1.54) is 0 Å². The third-order valence-electron chi connectivity index (χ3n) is 5.63. The van der Waals surface area contributed by atoms with Crippen molar-refractivity contribution in [1.82, 2.24) is 14.9 Å². The molecule has 1 amide bonds. The lowest BCUT2D eigenvalue weighted by molar-refractivity contribution is 0.00822. The van der Waals surface area contributed by atoms with Crippen molar-refractivity contribution < 1.29 is 14.3 Å². The Morgan fingerprint density at radius 3 is 2.58 bits per heavy atom. The maximum atomic E-state index is 12.6. The number of piperidine rings is 1. The van der Waals surface area contributed by atoms with Crippen molar-refractivity contribution >= 4 is 22.9 Å². The van der Waals surface area contributed by atoms with Crippen molar-refractivity contribution in [1.29, 1.82) is 0 Å². The van der Waals surface area contributed by atoms with Crippen LogP contribution in [0.5, 0.6) is 5.88 Å². The van der Waals surface area contributed by atoms with E-state index in [2.05, 4.69) is 5.32 Å². The molecule has 2 aromatic rings. The summed E-state index contributed by atoms with van der Waals surface area (Å²) in [5.74, 6) is 1.30. The Hall–Kier alpha value is -2.57. The van der Waals surface area contributed by atoms with Crippen molar-refractivity contribution in [3.8, 4) is 5.88 Å². The van der Waals surface area contributed by atoms with Gasteiger partial charge in [-0.1, -0.05) is 12.1 Å². The Morgan fingerprint density at radius 2 is 1.87 bits per heavy atom. The van der Waals surface area contributed by atoms with Gasteiger partial charge in [-0.25, -0.2) is 14.8 Å². The van der Waals surface area contributed by atoms with Crippen LogP contribution in [0, 0.1) is 0 Å². The van der Waals surface area contributed by atoms with Gasteiger partial charge in [0, 0.05) is 18.6 Å². The first kappa shape index (κ1) is 21.7. The zero-order chi connectivity index (χ0) is 21.8. The van der Waals surface area contributed by atoms with E-state index in [0.717, 1.165) is 68.3 Å². The molecule has 7 heteroatoms.